The van der Waals surface area contributed by atoms with Crippen molar-refractivity contribution in [1.82, 2.24) is 0 Å². The minimum atomic E-state index is -0.289. The van der Waals surface area contributed by atoms with Gasteiger partial charge in [-0.2, -0.15) is 0 Å². The molecule has 1 amide bonds. The number of hydrogen-bond donors (Lipinski definition) is 1. The average Bonchev–Trinajstić information content (AvgIpc) is 2.42. The lowest BCUT2D eigenvalue weighted by Gasteiger charge is -2.23. The molecule has 4 heteroatoms. The van der Waals surface area contributed by atoms with Gasteiger partial charge < -0.3 is 5.32 Å². The van der Waals surface area contributed by atoms with Crippen LogP contribution in [0.15, 0.2) is 24.3 Å². The van der Waals surface area contributed by atoms with Crippen molar-refractivity contribution in [2.24, 2.45) is 0 Å². The Morgan fingerprint density at radius 2 is 1.89 bits per heavy atom. The summed E-state index contributed by atoms with van der Waals surface area (Å²) < 4.78 is 12.8. The summed E-state index contributed by atoms with van der Waals surface area (Å²) in [5, 5.41) is 3.38. The van der Waals surface area contributed by atoms with E-state index in [1.165, 1.54) is 44.2 Å². The Hall–Kier alpha value is -1.03. The normalized spacial score (nSPS) is 18.0. The van der Waals surface area contributed by atoms with Crippen molar-refractivity contribution in [2.75, 3.05) is 5.32 Å². The predicted molar refractivity (Wildman–Crippen MR) is 79.0 cm³/mol. The fourth-order valence-corrected chi connectivity index (χ4v) is 3.69. The molecular formula is C15H20FNOS. The van der Waals surface area contributed by atoms with Crippen molar-refractivity contribution in [3.63, 3.8) is 0 Å². The van der Waals surface area contributed by atoms with Gasteiger partial charge >= 0.3 is 0 Å². The van der Waals surface area contributed by atoms with Crippen molar-refractivity contribution in [3.8, 4) is 0 Å². The van der Waals surface area contributed by atoms with Crippen LogP contribution in [0.2, 0.25) is 0 Å². The zero-order valence-electron chi connectivity index (χ0n) is 11.2. The van der Waals surface area contributed by atoms with Gasteiger partial charge in [-0.25, -0.2) is 4.39 Å². The third-order valence-corrected chi connectivity index (χ3v) is 4.91. The molecule has 1 saturated carbocycles. The molecule has 2 nitrogen and oxygen atoms in total. The maximum atomic E-state index is 12.8. The summed E-state index contributed by atoms with van der Waals surface area (Å²) in [4.78, 5) is 12.0. The first-order chi connectivity index (χ1) is 9.15. The molecule has 1 aromatic rings. The summed E-state index contributed by atoms with van der Waals surface area (Å²) in [6.07, 6.45) is 6.33. The van der Waals surface area contributed by atoms with Gasteiger partial charge in [-0.05, 0) is 44.0 Å². The lowest BCUT2D eigenvalue weighted by molar-refractivity contribution is -0.115. The van der Waals surface area contributed by atoms with Crippen molar-refractivity contribution in [1.29, 1.82) is 0 Å². The number of halogens is 1. The van der Waals surface area contributed by atoms with E-state index in [1.54, 1.807) is 23.9 Å². The second-order valence-electron chi connectivity index (χ2n) is 5.03. The van der Waals surface area contributed by atoms with E-state index in [4.69, 9.17) is 0 Å². The number of carbonyl (C=O) groups is 1. The molecule has 0 heterocycles. The van der Waals surface area contributed by atoms with Crippen LogP contribution in [-0.4, -0.2) is 16.4 Å². The third-order valence-electron chi connectivity index (χ3n) is 3.43. The van der Waals surface area contributed by atoms with E-state index in [9.17, 15) is 9.18 Å². The minimum Gasteiger partial charge on any atom is -0.325 e. The number of thioether (sulfide) groups is 1. The highest BCUT2D eigenvalue weighted by molar-refractivity contribution is 8.01. The first-order valence-electron chi connectivity index (χ1n) is 6.87. The Kier molecular flexibility index (Phi) is 5.25. The van der Waals surface area contributed by atoms with E-state index in [2.05, 4.69) is 5.32 Å². The molecule has 1 atom stereocenters. The number of amides is 1. The van der Waals surface area contributed by atoms with Crippen LogP contribution in [0.1, 0.15) is 39.0 Å². The highest BCUT2D eigenvalue weighted by Crippen LogP contribution is 2.31. The van der Waals surface area contributed by atoms with Crippen LogP contribution in [0, 0.1) is 5.82 Å². The summed E-state index contributed by atoms with van der Waals surface area (Å²) >= 11 is 1.76. The van der Waals surface area contributed by atoms with E-state index in [0.29, 0.717) is 10.9 Å². The Labute approximate surface area is 118 Å². The number of anilines is 1. The molecule has 0 aromatic heterocycles. The van der Waals surface area contributed by atoms with Gasteiger partial charge in [0.1, 0.15) is 5.82 Å². The minimum absolute atomic E-state index is 0.00202. The molecule has 0 spiro atoms. The average molecular weight is 281 g/mol. The number of nitrogens with one attached hydrogen (secondary N) is 1. The van der Waals surface area contributed by atoms with Crippen LogP contribution in [0.5, 0.6) is 0 Å². The SMILES string of the molecule is CC(SC1CCCCC1)C(=O)Nc1ccc(F)cc1. The highest BCUT2D eigenvalue weighted by Gasteiger charge is 2.21. The van der Waals surface area contributed by atoms with Crippen LogP contribution >= 0.6 is 11.8 Å². The molecule has 0 bridgehead atoms. The van der Waals surface area contributed by atoms with Crippen molar-refractivity contribution >= 4 is 23.4 Å². The number of carbonyl (C=O) groups excluding carboxylic acids is 1. The quantitative estimate of drug-likeness (QED) is 0.895. The van der Waals surface area contributed by atoms with Crippen LogP contribution in [0.3, 0.4) is 0 Å². The van der Waals surface area contributed by atoms with Crippen LogP contribution in [-0.2, 0) is 4.79 Å². The molecule has 19 heavy (non-hydrogen) atoms. The summed E-state index contributed by atoms with van der Waals surface area (Å²) in [5.74, 6) is -0.287. The third kappa shape index (κ3) is 4.53. The molecule has 1 fully saturated rings. The van der Waals surface area contributed by atoms with E-state index in [-0.39, 0.29) is 17.0 Å². The van der Waals surface area contributed by atoms with Crippen LogP contribution in [0.4, 0.5) is 10.1 Å². The molecule has 1 aliphatic carbocycles. The van der Waals surface area contributed by atoms with Gasteiger partial charge in [0.2, 0.25) is 5.91 Å². The van der Waals surface area contributed by atoms with Gasteiger partial charge in [0, 0.05) is 10.9 Å². The van der Waals surface area contributed by atoms with E-state index >= 15 is 0 Å². The van der Waals surface area contributed by atoms with Crippen LogP contribution < -0.4 is 5.32 Å². The molecule has 0 radical (unpaired) electrons. The highest BCUT2D eigenvalue weighted by atomic mass is 32.2. The number of hydrogen-bond acceptors (Lipinski definition) is 2. The fraction of sp³-hybridized carbons (Fsp3) is 0.533. The molecule has 104 valence electrons. The van der Waals surface area contributed by atoms with Gasteiger partial charge in [-0.15, -0.1) is 11.8 Å². The van der Waals surface area contributed by atoms with E-state index < -0.39 is 0 Å². The zero-order chi connectivity index (χ0) is 13.7. The second kappa shape index (κ2) is 6.94. The Morgan fingerprint density at radius 3 is 2.53 bits per heavy atom. The summed E-state index contributed by atoms with van der Waals surface area (Å²) in [7, 11) is 0. The van der Waals surface area contributed by atoms with Crippen molar-refractivity contribution in [2.45, 2.75) is 49.5 Å². The van der Waals surface area contributed by atoms with Crippen molar-refractivity contribution < 1.29 is 9.18 Å². The summed E-state index contributed by atoms with van der Waals surface area (Å²) in [6.45, 7) is 1.94. The summed E-state index contributed by atoms with van der Waals surface area (Å²) in [6, 6.07) is 5.89. The fourth-order valence-electron chi connectivity index (χ4n) is 2.33. The zero-order valence-corrected chi connectivity index (χ0v) is 12.0. The lowest BCUT2D eigenvalue weighted by atomic mass is 10.0. The standard InChI is InChI=1S/C15H20FNOS/c1-11(19-14-5-3-2-4-6-14)15(18)17-13-9-7-12(16)8-10-13/h7-11,14H,2-6H2,1H3,(H,17,18). The van der Waals surface area contributed by atoms with E-state index in [0.717, 1.165) is 0 Å². The monoisotopic (exact) mass is 281 g/mol. The maximum Gasteiger partial charge on any atom is 0.237 e. The Bertz CT molecular complexity index is 415. The van der Waals surface area contributed by atoms with Crippen LogP contribution in [0.25, 0.3) is 0 Å². The maximum absolute atomic E-state index is 12.8. The first kappa shape index (κ1) is 14.4. The molecule has 1 aliphatic rings. The Morgan fingerprint density at radius 1 is 1.26 bits per heavy atom. The largest absolute Gasteiger partial charge is 0.325 e. The number of rotatable bonds is 4. The molecule has 1 unspecified atom stereocenters. The lowest BCUT2D eigenvalue weighted by Crippen LogP contribution is -2.25. The van der Waals surface area contributed by atoms with Gasteiger partial charge in [0.25, 0.3) is 0 Å². The van der Waals surface area contributed by atoms with Gasteiger partial charge in [0.05, 0.1) is 5.25 Å². The molecule has 1 aromatic carbocycles. The molecular weight excluding hydrogens is 261 g/mol. The molecule has 1 N–H and O–H groups in total. The first-order valence-corrected chi connectivity index (χ1v) is 7.81. The number of benzene rings is 1. The molecule has 0 saturated heterocycles. The van der Waals surface area contributed by atoms with E-state index in [1.807, 2.05) is 6.92 Å². The van der Waals surface area contributed by atoms with Gasteiger partial charge in [0.15, 0.2) is 0 Å². The molecule has 2 rings (SSSR count). The predicted octanol–water partition coefficient (Wildman–Crippen LogP) is 4.22. The smallest absolute Gasteiger partial charge is 0.237 e. The second-order valence-corrected chi connectivity index (χ2v) is 6.68. The topological polar surface area (TPSA) is 29.1 Å². The van der Waals surface area contributed by atoms with Crippen molar-refractivity contribution in [3.05, 3.63) is 30.1 Å². The van der Waals surface area contributed by atoms with Gasteiger partial charge in [-0.3, -0.25) is 4.79 Å². The Balaban J connectivity index is 1.83. The van der Waals surface area contributed by atoms with Gasteiger partial charge in [-0.1, -0.05) is 19.3 Å². The molecule has 0 aliphatic heterocycles. The summed E-state index contributed by atoms with van der Waals surface area (Å²) in [5.41, 5.74) is 0.655.